The van der Waals surface area contributed by atoms with Gasteiger partial charge in [0.15, 0.2) is 0 Å². The topological polar surface area (TPSA) is 12.0 Å². The minimum Gasteiger partial charge on any atom is -0.310 e. The smallest absolute Gasteiger partial charge is 0.0291 e. The zero-order chi connectivity index (χ0) is 11.3. The van der Waals surface area contributed by atoms with Gasteiger partial charge in [-0.3, -0.25) is 0 Å². The average molecular weight is 205 g/mol. The van der Waals surface area contributed by atoms with Gasteiger partial charge in [0.1, 0.15) is 0 Å². The summed E-state index contributed by atoms with van der Waals surface area (Å²) in [5.74, 6) is 0.614. The Morgan fingerprint density at radius 2 is 1.80 bits per heavy atom. The van der Waals surface area contributed by atoms with Gasteiger partial charge in [0.25, 0.3) is 0 Å². The molecule has 0 saturated carbocycles. The fourth-order valence-electron chi connectivity index (χ4n) is 1.67. The van der Waals surface area contributed by atoms with Gasteiger partial charge in [-0.05, 0) is 36.9 Å². The van der Waals surface area contributed by atoms with Crippen molar-refractivity contribution < 1.29 is 0 Å². The number of rotatable bonds is 5. The summed E-state index contributed by atoms with van der Waals surface area (Å²) in [6, 6.07) is 9.36. The molecule has 0 bridgehead atoms. The van der Waals surface area contributed by atoms with Crippen LogP contribution in [0.2, 0.25) is 0 Å². The Kier molecular flexibility index (Phi) is 4.83. The van der Waals surface area contributed by atoms with Gasteiger partial charge in [0.05, 0.1) is 0 Å². The van der Waals surface area contributed by atoms with Crippen LogP contribution in [0.3, 0.4) is 0 Å². The van der Waals surface area contributed by atoms with Crippen molar-refractivity contribution in [3.63, 3.8) is 0 Å². The first kappa shape index (κ1) is 12.3. The van der Waals surface area contributed by atoms with Crippen LogP contribution in [-0.4, -0.2) is 6.54 Å². The van der Waals surface area contributed by atoms with E-state index >= 15 is 0 Å². The molecule has 0 spiro atoms. The minimum atomic E-state index is 0.462. The van der Waals surface area contributed by atoms with Crippen LogP contribution in [0.15, 0.2) is 24.3 Å². The van der Waals surface area contributed by atoms with Crippen molar-refractivity contribution in [2.45, 2.75) is 46.1 Å². The quantitative estimate of drug-likeness (QED) is 0.769. The van der Waals surface area contributed by atoms with Crippen LogP contribution in [-0.2, 0) is 0 Å². The molecule has 15 heavy (non-hydrogen) atoms. The van der Waals surface area contributed by atoms with Crippen LogP contribution in [0.4, 0.5) is 0 Å². The lowest BCUT2D eigenvalue weighted by atomic mass is 9.98. The highest BCUT2D eigenvalue weighted by Crippen LogP contribution is 2.19. The molecule has 1 rings (SSSR count). The molecule has 1 heteroatoms. The van der Waals surface area contributed by atoms with E-state index < -0.39 is 0 Å². The van der Waals surface area contributed by atoms with Crippen molar-refractivity contribution >= 4 is 0 Å². The Bertz CT molecular complexity index is 291. The molecule has 1 aromatic carbocycles. The lowest BCUT2D eigenvalue weighted by molar-refractivity contribution is 0.570. The summed E-state index contributed by atoms with van der Waals surface area (Å²) in [7, 11) is 0. The lowest BCUT2D eigenvalue weighted by Crippen LogP contribution is -2.19. The predicted octanol–water partition coefficient (Wildman–Crippen LogP) is 3.87. The largest absolute Gasteiger partial charge is 0.310 e. The maximum Gasteiger partial charge on any atom is 0.0291 e. The van der Waals surface area contributed by atoms with Gasteiger partial charge in [-0.15, -0.1) is 0 Å². The standard InChI is InChI=1S/C14H23N/c1-5-9-15-12(4)14-8-6-7-13(10-14)11(2)3/h6-8,10-12,15H,5,9H2,1-4H3. The second-order valence-corrected chi connectivity index (χ2v) is 4.50. The van der Waals surface area contributed by atoms with Crippen LogP contribution in [0.1, 0.15) is 57.2 Å². The summed E-state index contributed by atoms with van der Waals surface area (Å²) < 4.78 is 0. The molecule has 1 nitrogen and oxygen atoms in total. The third-order valence-electron chi connectivity index (χ3n) is 2.78. The SMILES string of the molecule is CCCNC(C)c1cccc(C(C)C)c1. The van der Waals surface area contributed by atoms with E-state index in [0.717, 1.165) is 6.54 Å². The van der Waals surface area contributed by atoms with Crippen molar-refractivity contribution in [2.24, 2.45) is 0 Å². The van der Waals surface area contributed by atoms with Crippen LogP contribution in [0.5, 0.6) is 0 Å². The van der Waals surface area contributed by atoms with Gasteiger partial charge >= 0.3 is 0 Å². The molecule has 0 fully saturated rings. The molecule has 0 aliphatic rings. The maximum absolute atomic E-state index is 3.51. The molecule has 0 aromatic heterocycles. The summed E-state index contributed by atoms with van der Waals surface area (Å²) in [6.07, 6.45) is 1.19. The Balaban J connectivity index is 2.71. The molecule has 84 valence electrons. The Labute approximate surface area is 93.9 Å². The highest BCUT2D eigenvalue weighted by Gasteiger charge is 2.05. The highest BCUT2D eigenvalue weighted by molar-refractivity contribution is 5.27. The fourth-order valence-corrected chi connectivity index (χ4v) is 1.67. The zero-order valence-electron chi connectivity index (χ0n) is 10.4. The molecule has 1 N–H and O–H groups in total. The summed E-state index contributed by atoms with van der Waals surface area (Å²) in [6.45, 7) is 10.00. The monoisotopic (exact) mass is 205 g/mol. The molecule has 1 unspecified atom stereocenters. The summed E-state index contributed by atoms with van der Waals surface area (Å²) in [5, 5.41) is 3.51. The van der Waals surface area contributed by atoms with Gasteiger partial charge in [0, 0.05) is 6.04 Å². The van der Waals surface area contributed by atoms with Gasteiger partial charge < -0.3 is 5.32 Å². The predicted molar refractivity (Wildman–Crippen MR) is 67.2 cm³/mol. The molecule has 0 aliphatic heterocycles. The fraction of sp³-hybridized carbons (Fsp3) is 0.571. The molecule has 1 aromatic rings. The van der Waals surface area contributed by atoms with E-state index in [0.29, 0.717) is 12.0 Å². The highest BCUT2D eigenvalue weighted by atomic mass is 14.9. The van der Waals surface area contributed by atoms with E-state index in [9.17, 15) is 0 Å². The van der Waals surface area contributed by atoms with Crippen molar-refractivity contribution in [2.75, 3.05) is 6.54 Å². The molecule has 0 aliphatic carbocycles. The van der Waals surface area contributed by atoms with Crippen molar-refractivity contribution in [3.05, 3.63) is 35.4 Å². The number of hydrogen-bond acceptors (Lipinski definition) is 1. The van der Waals surface area contributed by atoms with Gasteiger partial charge in [-0.1, -0.05) is 45.0 Å². The second-order valence-electron chi connectivity index (χ2n) is 4.50. The normalized spacial score (nSPS) is 13.1. The maximum atomic E-state index is 3.51. The molecule has 0 amide bonds. The van der Waals surface area contributed by atoms with Crippen molar-refractivity contribution in [1.29, 1.82) is 0 Å². The molecule has 1 atom stereocenters. The van der Waals surface area contributed by atoms with Gasteiger partial charge in [-0.25, -0.2) is 0 Å². The zero-order valence-corrected chi connectivity index (χ0v) is 10.4. The third kappa shape index (κ3) is 3.67. The number of nitrogens with one attached hydrogen (secondary N) is 1. The lowest BCUT2D eigenvalue weighted by Gasteiger charge is -2.15. The Morgan fingerprint density at radius 1 is 1.13 bits per heavy atom. The van der Waals surface area contributed by atoms with Gasteiger partial charge in [0.2, 0.25) is 0 Å². The Morgan fingerprint density at radius 3 is 2.40 bits per heavy atom. The molecule has 0 radical (unpaired) electrons. The summed E-state index contributed by atoms with van der Waals surface area (Å²) >= 11 is 0. The van der Waals surface area contributed by atoms with Crippen LogP contribution in [0.25, 0.3) is 0 Å². The summed E-state index contributed by atoms with van der Waals surface area (Å²) in [5.41, 5.74) is 2.83. The molecular weight excluding hydrogens is 182 g/mol. The van der Waals surface area contributed by atoms with Crippen LogP contribution >= 0.6 is 0 Å². The third-order valence-corrected chi connectivity index (χ3v) is 2.78. The second kappa shape index (κ2) is 5.92. The van der Waals surface area contributed by atoms with Crippen molar-refractivity contribution in [1.82, 2.24) is 5.32 Å². The first-order chi connectivity index (χ1) is 7.15. The molecule has 0 heterocycles. The molecular formula is C14H23N. The van der Waals surface area contributed by atoms with E-state index in [1.165, 1.54) is 17.5 Å². The van der Waals surface area contributed by atoms with Crippen LogP contribution in [0, 0.1) is 0 Å². The van der Waals surface area contributed by atoms with Crippen LogP contribution < -0.4 is 5.32 Å². The Hall–Kier alpha value is -0.820. The first-order valence-electron chi connectivity index (χ1n) is 5.98. The van der Waals surface area contributed by atoms with E-state index in [2.05, 4.69) is 57.3 Å². The van der Waals surface area contributed by atoms with Crippen molar-refractivity contribution in [3.8, 4) is 0 Å². The van der Waals surface area contributed by atoms with E-state index in [1.54, 1.807) is 0 Å². The number of benzene rings is 1. The average Bonchev–Trinajstić information content (AvgIpc) is 2.26. The van der Waals surface area contributed by atoms with E-state index in [-0.39, 0.29) is 0 Å². The number of hydrogen-bond donors (Lipinski definition) is 1. The van der Waals surface area contributed by atoms with E-state index in [4.69, 9.17) is 0 Å². The van der Waals surface area contributed by atoms with Gasteiger partial charge in [-0.2, -0.15) is 0 Å². The minimum absolute atomic E-state index is 0.462. The van der Waals surface area contributed by atoms with E-state index in [1.807, 2.05) is 0 Å². The molecule has 0 saturated heterocycles. The summed E-state index contributed by atoms with van der Waals surface area (Å²) in [4.78, 5) is 0. The first-order valence-corrected chi connectivity index (χ1v) is 5.98.